The Morgan fingerprint density at radius 2 is 1.83 bits per heavy atom. The van der Waals surface area contributed by atoms with Gasteiger partial charge in [-0.2, -0.15) is 5.26 Å². The molecule has 2 aromatic carbocycles. The number of hydrogen-bond acceptors (Lipinski definition) is 3. The van der Waals surface area contributed by atoms with Gasteiger partial charge in [0.25, 0.3) is 5.91 Å². The number of amides is 1. The zero-order valence-corrected chi connectivity index (χ0v) is 13.9. The molecular weight excluding hydrogens is 298 g/mol. The Hall–Kier alpha value is -2.64. The quantitative estimate of drug-likeness (QED) is 0.874. The Labute approximate surface area is 142 Å². The van der Waals surface area contributed by atoms with Gasteiger partial charge in [0, 0.05) is 31.7 Å². The van der Waals surface area contributed by atoms with E-state index in [9.17, 15) is 10.1 Å². The van der Waals surface area contributed by atoms with Crippen LogP contribution in [0.15, 0.2) is 54.6 Å². The summed E-state index contributed by atoms with van der Waals surface area (Å²) in [7, 11) is 0. The van der Waals surface area contributed by atoms with Gasteiger partial charge in [-0.25, -0.2) is 0 Å². The largest absolute Gasteiger partial charge is 0.335 e. The molecule has 0 aliphatic carbocycles. The summed E-state index contributed by atoms with van der Waals surface area (Å²) in [6.45, 7) is 4.51. The molecule has 4 heteroatoms. The van der Waals surface area contributed by atoms with Crippen LogP contribution in [0.3, 0.4) is 0 Å². The van der Waals surface area contributed by atoms with Crippen molar-refractivity contribution in [1.82, 2.24) is 9.80 Å². The van der Waals surface area contributed by atoms with Gasteiger partial charge in [0.2, 0.25) is 0 Å². The van der Waals surface area contributed by atoms with E-state index in [-0.39, 0.29) is 11.9 Å². The first-order valence-electron chi connectivity index (χ1n) is 8.21. The molecule has 0 bridgehead atoms. The van der Waals surface area contributed by atoms with Crippen LogP contribution < -0.4 is 0 Å². The minimum Gasteiger partial charge on any atom is -0.335 e. The number of rotatable bonds is 3. The highest BCUT2D eigenvalue weighted by Crippen LogP contribution is 2.17. The third-order valence-electron chi connectivity index (χ3n) is 4.53. The average molecular weight is 319 g/mol. The third-order valence-corrected chi connectivity index (χ3v) is 4.53. The number of hydrogen-bond donors (Lipinski definition) is 0. The Kier molecular flexibility index (Phi) is 4.93. The van der Waals surface area contributed by atoms with E-state index in [0.717, 1.165) is 17.7 Å². The fourth-order valence-electron chi connectivity index (χ4n) is 3.12. The van der Waals surface area contributed by atoms with E-state index in [0.29, 0.717) is 19.6 Å². The van der Waals surface area contributed by atoms with Crippen molar-refractivity contribution in [2.24, 2.45) is 0 Å². The van der Waals surface area contributed by atoms with Crippen molar-refractivity contribution in [3.05, 3.63) is 71.3 Å². The number of piperazine rings is 1. The van der Waals surface area contributed by atoms with Gasteiger partial charge in [0.1, 0.15) is 6.04 Å². The Balaban J connectivity index is 1.70. The van der Waals surface area contributed by atoms with Gasteiger partial charge in [0.15, 0.2) is 0 Å². The molecule has 1 aliphatic heterocycles. The number of carbonyl (C=O) groups is 1. The van der Waals surface area contributed by atoms with Crippen molar-refractivity contribution in [1.29, 1.82) is 5.26 Å². The van der Waals surface area contributed by atoms with Crippen LogP contribution >= 0.6 is 0 Å². The Morgan fingerprint density at radius 3 is 2.54 bits per heavy atom. The molecule has 1 amide bonds. The molecule has 2 aromatic rings. The molecule has 1 unspecified atom stereocenters. The smallest absolute Gasteiger partial charge is 0.254 e. The van der Waals surface area contributed by atoms with Crippen LogP contribution in [0.4, 0.5) is 0 Å². The summed E-state index contributed by atoms with van der Waals surface area (Å²) >= 11 is 0. The first-order valence-corrected chi connectivity index (χ1v) is 8.21. The summed E-state index contributed by atoms with van der Waals surface area (Å²) in [4.78, 5) is 16.7. The Bertz CT molecular complexity index is 751. The molecule has 0 N–H and O–H groups in total. The zero-order valence-electron chi connectivity index (χ0n) is 13.9. The second-order valence-electron chi connectivity index (χ2n) is 6.17. The van der Waals surface area contributed by atoms with Crippen LogP contribution in [0.25, 0.3) is 0 Å². The summed E-state index contributed by atoms with van der Waals surface area (Å²) in [5.41, 5.74) is 2.89. The zero-order chi connectivity index (χ0) is 16.9. The lowest BCUT2D eigenvalue weighted by Gasteiger charge is -2.38. The lowest BCUT2D eigenvalue weighted by molar-refractivity contribution is 0.0551. The normalized spacial score (nSPS) is 18.2. The van der Waals surface area contributed by atoms with Crippen molar-refractivity contribution < 1.29 is 4.79 Å². The standard InChI is InChI=1S/C20H21N3O/c1-16-7-5-6-10-19(16)20(24)23-12-11-22(18(13-21)15-23)14-17-8-3-2-4-9-17/h2-10,18H,11-12,14-15H2,1H3. The lowest BCUT2D eigenvalue weighted by atomic mass is 10.1. The van der Waals surface area contributed by atoms with E-state index in [1.807, 2.05) is 49.4 Å². The molecule has 0 radical (unpaired) electrons. The fourth-order valence-corrected chi connectivity index (χ4v) is 3.12. The van der Waals surface area contributed by atoms with E-state index < -0.39 is 0 Å². The molecule has 4 nitrogen and oxygen atoms in total. The summed E-state index contributed by atoms with van der Waals surface area (Å²) in [5.74, 6) is 0.0210. The van der Waals surface area contributed by atoms with Gasteiger partial charge in [-0.3, -0.25) is 9.69 Å². The van der Waals surface area contributed by atoms with Gasteiger partial charge in [-0.05, 0) is 24.1 Å². The maximum Gasteiger partial charge on any atom is 0.254 e. The average Bonchev–Trinajstić information content (AvgIpc) is 2.63. The summed E-state index contributed by atoms with van der Waals surface area (Å²) < 4.78 is 0. The fraction of sp³-hybridized carbons (Fsp3) is 0.300. The highest BCUT2D eigenvalue weighted by Gasteiger charge is 2.30. The topological polar surface area (TPSA) is 47.3 Å². The second-order valence-corrected chi connectivity index (χ2v) is 6.17. The Morgan fingerprint density at radius 1 is 1.12 bits per heavy atom. The molecule has 24 heavy (non-hydrogen) atoms. The van der Waals surface area contributed by atoms with Crippen molar-refractivity contribution in [3.63, 3.8) is 0 Å². The summed E-state index contributed by atoms with van der Waals surface area (Å²) in [5, 5.41) is 9.53. The predicted octanol–water partition coefficient (Wildman–Crippen LogP) is 2.85. The SMILES string of the molecule is Cc1ccccc1C(=O)N1CCN(Cc2ccccc2)C(C#N)C1. The predicted molar refractivity (Wildman–Crippen MR) is 93.3 cm³/mol. The summed E-state index contributed by atoms with van der Waals surface area (Å²) in [6.07, 6.45) is 0. The third kappa shape index (κ3) is 3.47. The molecule has 1 atom stereocenters. The van der Waals surface area contributed by atoms with Crippen molar-refractivity contribution in [2.45, 2.75) is 19.5 Å². The van der Waals surface area contributed by atoms with Crippen LogP contribution in [-0.4, -0.2) is 41.4 Å². The number of benzene rings is 2. The minimum atomic E-state index is -0.271. The van der Waals surface area contributed by atoms with Crippen molar-refractivity contribution >= 4 is 5.91 Å². The van der Waals surface area contributed by atoms with Crippen LogP contribution in [0.1, 0.15) is 21.5 Å². The van der Waals surface area contributed by atoms with Gasteiger partial charge in [0.05, 0.1) is 6.07 Å². The van der Waals surface area contributed by atoms with Crippen LogP contribution in [-0.2, 0) is 6.54 Å². The van der Waals surface area contributed by atoms with E-state index in [2.05, 4.69) is 23.1 Å². The van der Waals surface area contributed by atoms with Gasteiger partial charge < -0.3 is 4.90 Å². The molecule has 1 fully saturated rings. The molecule has 0 aromatic heterocycles. The van der Waals surface area contributed by atoms with Crippen molar-refractivity contribution in [2.75, 3.05) is 19.6 Å². The van der Waals surface area contributed by atoms with E-state index >= 15 is 0 Å². The summed E-state index contributed by atoms with van der Waals surface area (Å²) in [6, 6.07) is 19.8. The van der Waals surface area contributed by atoms with E-state index in [4.69, 9.17) is 0 Å². The minimum absolute atomic E-state index is 0.0210. The monoisotopic (exact) mass is 319 g/mol. The number of carbonyl (C=O) groups excluding carboxylic acids is 1. The molecular formula is C20H21N3O. The van der Waals surface area contributed by atoms with Crippen LogP contribution in [0.2, 0.25) is 0 Å². The molecule has 122 valence electrons. The molecule has 3 rings (SSSR count). The molecule has 1 saturated heterocycles. The lowest BCUT2D eigenvalue weighted by Crippen LogP contribution is -2.53. The van der Waals surface area contributed by atoms with Crippen molar-refractivity contribution in [3.8, 4) is 6.07 Å². The molecule has 0 saturated carbocycles. The van der Waals surface area contributed by atoms with Gasteiger partial charge in [-0.1, -0.05) is 48.5 Å². The number of nitriles is 1. The molecule has 0 spiro atoms. The maximum absolute atomic E-state index is 12.7. The highest BCUT2D eigenvalue weighted by molar-refractivity contribution is 5.95. The maximum atomic E-state index is 12.7. The molecule has 1 aliphatic rings. The number of nitrogens with zero attached hydrogens (tertiary/aromatic N) is 3. The first kappa shape index (κ1) is 16.2. The van der Waals surface area contributed by atoms with E-state index in [1.54, 1.807) is 4.90 Å². The van der Waals surface area contributed by atoms with Gasteiger partial charge in [-0.15, -0.1) is 0 Å². The highest BCUT2D eigenvalue weighted by atomic mass is 16.2. The second kappa shape index (κ2) is 7.29. The van der Waals surface area contributed by atoms with Crippen LogP contribution in [0.5, 0.6) is 0 Å². The first-order chi connectivity index (χ1) is 11.7. The van der Waals surface area contributed by atoms with E-state index in [1.165, 1.54) is 5.56 Å². The van der Waals surface area contributed by atoms with Gasteiger partial charge >= 0.3 is 0 Å². The van der Waals surface area contributed by atoms with Crippen LogP contribution in [0, 0.1) is 18.3 Å². The molecule has 1 heterocycles. The number of aryl methyl sites for hydroxylation is 1.